The summed E-state index contributed by atoms with van der Waals surface area (Å²) < 4.78 is 2.06. The second-order valence-electron chi connectivity index (χ2n) is 6.97. The van der Waals surface area contributed by atoms with Gasteiger partial charge in [-0.1, -0.05) is 78.1 Å². The van der Waals surface area contributed by atoms with Crippen LogP contribution in [0.1, 0.15) is 6.92 Å². The van der Waals surface area contributed by atoms with Crippen molar-refractivity contribution in [2.75, 3.05) is 10.7 Å². The summed E-state index contributed by atoms with van der Waals surface area (Å²) in [5.74, 6) is 1.13. The van der Waals surface area contributed by atoms with Gasteiger partial charge in [-0.25, -0.2) is 0 Å². The lowest BCUT2D eigenvalue weighted by molar-refractivity contribution is -0.115. The van der Waals surface area contributed by atoms with Gasteiger partial charge in [-0.15, -0.1) is 10.2 Å². The van der Waals surface area contributed by atoms with Crippen molar-refractivity contribution in [1.82, 2.24) is 14.8 Å². The zero-order valence-corrected chi connectivity index (χ0v) is 18.6. The smallest absolute Gasteiger partial charge is 0.242 e. The molecule has 154 valence electrons. The van der Waals surface area contributed by atoms with Gasteiger partial charge in [0.2, 0.25) is 5.91 Å². The normalized spacial score (nSPS) is 12.4. The van der Waals surface area contributed by atoms with E-state index in [9.17, 15) is 4.79 Å². The van der Waals surface area contributed by atoms with E-state index in [0.717, 1.165) is 44.3 Å². The Morgan fingerprint density at radius 3 is 2.13 bits per heavy atom. The molecule has 4 aromatic rings. The number of carbonyl (C=O) groups is 1. The molecule has 0 aliphatic carbocycles. The molecule has 0 saturated heterocycles. The summed E-state index contributed by atoms with van der Waals surface area (Å²) >= 11 is 3.13. The molecule has 0 N–H and O–H groups in total. The number of rotatable bonds is 5. The molecule has 0 fully saturated rings. The third-order valence-corrected chi connectivity index (χ3v) is 7.15. The van der Waals surface area contributed by atoms with E-state index < -0.39 is 0 Å². The Bertz CT molecular complexity index is 1190. The maximum atomic E-state index is 13.4. The van der Waals surface area contributed by atoms with E-state index in [0.29, 0.717) is 0 Å². The zero-order chi connectivity index (χ0) is 21.2. The first kappa shape index (κ1) is 19.9. The maximum Gasteiger partial charge on any atom is 0.242 e. The highest BCUT2D eigenvalue weighted by atomic mass is 32.2. The predicted octanol–water partition coefficient (Wildman–Crippen LogP) is 5.89. The van der Waals surface area contributed by atoms with Gasteiger partial charge < -0.3 is 4.57 Å². The van der Waals surface area contributed by atoms with Crippen LogP contribution in [0.5, 0.6) is 0 Å². The Kier molecular flexibility index (Phi) is 5.53. The van der Waals surface area contributed by atoms with E-state index in [2.05, 4.69) is 33.8 Å². The second kappa shape index (κ2) is 8.61. The Morgan fingerprint density at radius 1 is 0.871 bits per heavy atom. The topological polar surface area (TPSA) is 51.0 Å². The quantitative estimate of drug-likeness (QED) is 0.360. The standard InChI is InChI=1S/C24H20N4OS2/c1-2-27-23(17-10-4-3-5-11-17)25-26-24(27)30-16-22(29)28-18-12-6-8-14-20(18)31-21-15-9-7-13-19(21)28/h3-15H,2,16H2,1H3. The zero-order valence-electron chi connectivity index (χ0n) is 16.9. The lowest BCUT2D eigenvalue weighted by Crippen LogP contribution is -2.30. The molecule has 1 aromatic heterocycles. The number of aromatic nitrogens is 3. The summed E-state index contributed by atoms with van der Waals surface area (Å²) in [4.78, 5) is 17.4. The van der Waals surface area contributed by atoms with Crippen molar-refractivity contribution in [3.05, 3.63) is 78.9 Å². The van der Waals surface area contributed by atoms with Gasteiger partial charge in [0.25, 0.3) is 0 Å². The van der Waals surface area contributed by atoms with Crippen LogP contribution < -0.4 is 4.90 Å². The Labute approximate surface area is 189 Å². The van der Waals surface area contributed by atoms with E-state index in [1.165, 1.54) is 11.8 Å². The summed E-state index contributed by atoms with van der Waals surface area (Å²) in [7, 11) is 0. The van der Waals surface area contributed by atoms with E-state index in [1.807, 2.05) is 71.6 Å². The highest BCUT2D eigenvalue weighted by molar-refractivity contribution is 8.00. The molecule has 1 aliphatic rings. The van der Waals surface area contributed by atoms with Crippen molar-refractivity contribution in [3.63, 3.8) is 0 Å². The van der Waals surface area contributed by atoms with Crippen LogP contribution in [0.3, 0.4) is 0 Å². The second-order valence-corrected chi connectivity index (χ2v) is 9.00. The van der Waals surface area contributed by atoms with Crippen molar-refractivity contribution < 1.29 is 4.79 Å². The van der Waals surface area contributed by atoms with Crippen molar-refractivity contribution in [2.45, 2.75) is 28.4 Å². The molecule has 2 heterocycles. The first-order valence-corrected chi connectivity index (χ1v) is 11.9. The maximum absolute atomic E-state index is 13.4. The summed E-state index contributed by atoms with van der Waals surface area (Å²) in [6.45, 7) is 2.80. The number of nitrogens with zero attached hydrogens (tertiary/aromatic N) is 4. The van der Waals surface area contributed by atoms with Crippen LogP contribution in [0.25, 0.3) is 11.4 Å². The van der Waals surface area contributed by atoms with Gasteiger partial charge in [0.05, 0.1) is 17.1 Å². The van der Waals surface area contributed by atoms with Gasteiger partial charge >= 0.3 is 0 Å². The van der Waals surface area contributed by atoms with Gasteiger partial charge in [-0.3, -0.25) is 9.69 Å². The molecular weight excluding hydrogens is 424 g/mol. The lowest BCUT2D eigenvalue weighted by atomic mass is 10.2. The molecule has 1 aliphatic heterocycles. The summed E-state index contributed by atoms with van der Waals surface area (Å²) in [5, 5.41) is 9.51. The Hall–Kier alpha value is -3.03. The van der Waals surface area contributed by atoms with E-state index in [-0.39, 0.29) is 11.7 Å². The fraction of sp³-hybridized carbons (Fsp3) is 0.125. The molecule has 7 heteroatoms. The average molecular weight is 445 g/mol. The summed E-state index contributed by atoms with van der Waals surface area (Å²) in [6.07, 6.45) is 0. The van der Waals surface area contributed by atoms with Crippen molar-refractivity contribution in [1.29, 1.82) is 0 Å². The number of carbonyl (C=O) groups excluding carboxylic acids is 1. The van der Waals surface area contributed by atoms with Crippen molar-refractivity contribution >= 4 is 40.8 Å². The predicted molar refractivity (Wildman–Crippen MR) is 126 cm³/mol. The number of para-hydroxylation sites is 2. The van der Waals surface area contributed by atoms with Gasteiger partial charge in [-0.2, -0.15) is 0 Å². The molecule has 0 atom stereocenters. The largest absolute Gasteiger partial charge is 0.302 e. The van der Waals surface area contributed by atoms with E-state index >= 15 is 0 Å². The molecule has 5 nitrogen and oxygen atoms in total. The highest BCUT2D eigenvalue weighted by Gasteiger charge is 2.28. The minimum absolute atomic E-state index is 0.0251. The molecule has 1 amide bonds. The van der Waals surface area contributed by atoms with Crippen molar-refractivity contribution in [2.24, 2.45) is 0 Å². The average Bonchev–Trinajstić information content (AvgIpc) is 3.24. The first-order valence-electron chi connectivity index (χ1n) is 10.1. The number of benzene rings is 3. The molecule has 3 aromatic carbocycles. The summed E-state index contributed by atoms with van der Waals surface area (Å²) in [5.41, 5.74) is 2.88. The number of fused-ring (bicyclic) bond motifs is 2. The lowest BCUT2D eigenvalue weighted by Gasteiger charge is -2.30. The molecule has 0 saturated carbocycles. The van der Waals surface area contributed by atoms with Gasteiger partial charge in [0.15, 0.2) is 11.0 Å². The third-order valence-electron chi connectivity index (χ3n) is 5.07. The first-order chi connectivity index (χ1) is 15.3. The molecule has 31 heavy (non-hydrogen) atoms. The fourth-order valence-electron chi connectivity index (χ4n) is 3.65. The van der Waals surface area contributed by atoms with Gasteiger partial charge in [0, 0.05) is 21.9 Å². The van der Waals surface area contributed by atoms with Crippen LogP contribution in [-0.2, 0) is 11.3 Å². The number of hydrogen-bond donors (Lipinski definition) is 0. The van der Waals surface area contributed by atoms with Crippen molar-refractivity contribution in [3.8, 4) is 11.4 Å². The summed E-state index contributed by atoms with van der Waals surface area (Å²) in [6, 6.07) is 26.1. The van der Waals surface area contributed by atoms with Gasteiger partial charge in [0.1, 0.15) is 0 Å². The molecular formula is C24H20N4OS2. The Balaban J connectivity index is 1.42. The monoisotopic (exact) mass is 444 g/mol. The van der Waals surface area contributed by atoms with Crippen LogP contribution in [-0.4, -0.2) is 26.4 Å². The minimum Gasteiger partial charge on any atom is -0.302 e. The number of anilines is 2. The van der Waals surface area contributed by atoms with Crippen LogP contribution in [0, 0.1) is 0 Å². The van der Waals surface area contributed by atoms with Crippen LogP contribution >= 0.6 is 23.5 Å². The molecule has 0 spiro atoms. The molecule has 5 rings (SSSR count). The van der Waals surface area contributed by atoms with Crippen LogP contribution in [0.15, 0.2) is 93.8 Å². The van der Waals surface area contributed by atoms with Crippen LogP contribution in [0.4, 0.5) is 11.4 Å². The molecule has 0 radical (unpaired) electrons. The number of hydrogen-bond acceptors (Lipinski definition) is 5. The molecule has 0 bridgehead atoms. The Morgan fingerprint density at radius 2 is 1.48 bits per heavy atom. The third kappa shape index (κ3) is 3.75. The van der Waals surface area contributed by atoms with Crippen LogP contribution in [0.2, 0.25) is 0 Å². The van der Waals surface area contributed by atoms with E-state index in [4.69, 9.17) is 0 Å². The SMILES string of the molecule is CCn1c(SCC(=O)N2c3ccccc3Sc3ccccc32)nnc1-c1ccccc1. The van der Waals surface area contributed by atoms with E-state index in [1.54, 1.807) is 11.8 Å². The fourth-order valence-corrected chi connectivity index (χ4v) is 5.56. The van der Waals surface area contributed by atoms with Gasteiger partial charge in [-0.05, 0) is 31.2 Å². The number of amides is 1. The molecule has 0 unspecified atom stereocenters. The highest BCUT2D eigenvalue weighted by Crippen LogP contribution is 2.48. The number of thioether (sulfide) groups is 1. The minimum atomic E-state index is 0.0251.